The van der Waals surface area contributed by atoms with Gasteiger partial charge in [-0.05, 0) is 37.5 Å². The SMILES string of the molecule is CC1=C2C(C)C(C)C3CCCCC3N2CCC1=O. The monoisotopic (exact) mass is 247 g/mol. The number of fused-ring (bicyclic) bond motifs is 3. The number of hydrogen-bond acceptors (Lipinski definition) is 2. The number of nitrogens with zero attached hydrogens (tertiary/aromatic N) is 1. The maximum absolute atomic E-state index is 12.0. The van der Waals surface area contributed by atoms with Gasteiger partial charge in [0.1, 0.15) is 0 Å². The van der Waals surface area contributed by atoms with Crippen molar-refractivity contribution in [2.75, 3.05) is 6.54 Å². The van der Waals surface area contributed by atoms with Crippen molar-refractivity contribution in [1.82, 2.24) is 4.90 Å². The molecule has 3 aliphatic rings. The fraction of sp³-hybridized carbons (Fsp3) is 0.812. The molecule has 3 rings (SSSR count). The Morgan fingerprint density at radius 3 is 2.67 bits per heavy atom. The van der Waals surface area contributed by atoms with Crippen molar-refractivity contribution in [2.45, 2.75) is 58.9 Å². The van der Waals surface area contributed by atoms with Crippen molar-refractivity contribution in [3.63, 3.8) is 0 Å². The molecule has 100 valence electrons. The number of Topliss-reactive ketones (excluding diaryl/α,β-unsaturated/α-hetero) is 1. The molecule has 1 saturated carbocycles. The van der Waals surface area contributed by atoms with Gasteiger partial charge in [0.05, 0.1) is 0 Å². The van der Waals surface area contributed by atoms with E-state index in [-0.39, 0.29) is 0 Å². The zero-order valence-electron chi connectivity index (χ0n) is 11.9. The van der Waals surface area contributed by atoms with Crippen LogP contribution in [0.5, 0.6) is 0 Å². The Kier molecular flexibility index (Phi) is 2.99. The normalized spacial score (nSPS) is 40.6. The number of allylic oxidation sites excluding steroid dienone is 2. The van der Waals surface area contributed by atoms with E-state index in [1.165, 1.54) is 31.4 Å². The largest absolute Gasteiger partial charge is 0.371 e. The maximum Gasteiger partial charge on any atom is 0.162 e. The van der Waals surface area contributed by atoms with E-state index >= 15 is 0 Å². The summed E-state index contributed by atoms with van der Waals surface area (Å²) in [6.07, 6.45) is 6.25. The zero-order chi connectivity index (χ0) is 12.9. The molecule has 2 fully saturated rings. The van der Waals surface area contributed by atoms with Crippen LogP contribution in [0.1, 0.15) is 52.9 Å². The maximum atomic E-state index is 12.0. The molecule has 0 aromatic carbocycles. The molecule has 18 heavy (non-hydrogen) atoms. The molecule has 0 bridgehead atoms. The van der Waals surface area contributed by atoms with Crippen LogP contribution in [0.2, 0.25) is 0 Å². The summed E-state index contributed by atoms with van der Waals surface area (Å²) in [5.74, 6) is 2.55. The molecular formula is C16H25NO. The second-order valence-electron chi connectivity index (χ2n) is 6.54. The first-order valence-electron chi connectivity index (χ1n) is 7.62. The van der Waals surface area contributed by atoms with Crippen LogP contribution in [-0.2, 0) is 4.79 Å². The average Bonchev–Trinajstić information content (AvgIpc) is 2.39. The van der Waals surface area contributed by atoms with E-state index in [2.05, 4.69) is 25.7 Å². The summed E-state index contributed by atoms with van der Waals surface area (Å²) in [6.45, 7) is 7.77. The van der Waals surface area contributed by atoms with Crippen LogP contribution < -0.4 is 0 Å². The van der Waals surface area contributed by atoms with Crippen LogP contribution >= 0.6 is 0 Å². The summed E-state index contributed by atoms with van der Waals surface area (Å²) in [4.78, 5) is 14.6. The first kappa shape index (κ1) is 12.3. The quantitative estimate of drug-likeness (QED) is 0.654. The third-order valence-corrected chi connectivity index (χ3v) is 5.77. The minimum atomic E-state index is 0.384. The summed E-state index contributed by atoms with van der Waals surface area (Å²) in [5.41, 5.74) is 2.45. The molecule has 2 heteroatoms. The molecule has 4 atom stereocenters. The van der Waals surface area contributed by atoms with Crippen LogP contribution in [0.4, 0.5) is 0 Å². The minimum Gasteiger partial charge on any atom is -0.371 e. The summed E-state index contributed by atoms with van der Waals surface area (Å²) >= 11 is 0. The fourth-order valence-electron chi connectivity index (χ4n) is 4.60. The number of carbonyl (C=O) groups excluding carboxylic acids is 1. The summed E-state index contributed by atoms with van der Waals surface area (Å²) in [7, 11) is 0. The van der Waals surface area contributed by atoms with Crippen molar-refractivity contribution in [3.8, 4) is 0 Å². The van der Waals surface area contributed by atoms with Crippen LogP contribution in [-0.4, -0.2) is 23.3 Å². The van der Waals surface area contributed by atoms with E-state index in [0.717, 1.165) is 36.4 Å². The van der Waals surface area contributed by atoms with E-state index in [4.69, 9.17) is 0 Å². The van der Waals surface area contributed by atoms with Gasteiger partial charge < -0.3 is 4.90 Å². The molecule has 2 aliphatic heterocycles. The van der Waals surface area contributed by atoms with Gasteiger partial charge in [0.25, 0.3) is 0 Å². The lowest BCUT2D eigenvalue weighted by atomic mass is 9.66. The Bertz CT molecular complexity index is 398. The summed E-state index contributed by atoms with van der Waals surface area (Å²) in [5, 5.41) is 0. The van der Waals surface area contributed by atoms with Crippen LogP contribution in [0.3, 0.4) is 0 Å². The third-order valence-electron chi connectivity index (χ3n) is 5.77. The predicted octanol–water partition coefficient (Wildman–Crippen LogP) is 3.38. The Labute approximate surface area is 110 Å². The average molecular weight is 247 g/mol. The second kappa shape index (κ2) is 4.40. The van der Waals surface area contributed by atoms with Gasteiger partial charge in [-0.3, -0.25) is 4.79 Å². The van der Waals surface area contributed by atoms with Gasteiger partial charge in [0.2, 0.25) is 0 Å². The highest BCUT2D eigenvalue weighted by molar-refractivity contribution is 5.96. The number of ketones is 1. The molecule has 0 spiro atoms. The smallest absolute Gasteiger partial charge is 0.162 e. The molecule has 0 radical (unpaired) electrons. The number of carbonyl (C=O) groups is 1. The Hall–Kier alpha value is -0.790. The van der Waals surface area contributed by atoms with E-state index in [9.17, 15) is 4.79 Å². The topological polar surface area (TPSA) is 20.3 Å². The number of piperidine rings is 1. The molecular weight excluding hydrogens is 222 g/mol. The standard InChI is InChI=1S/C16H25NO/c1-10-11(2)16-12(3)15(18)8-9-17(16)14-7-5-4-6-13(10)14/h10-11,13-14H,4-9H2,1-3H3. The lowest BCUT2D eigenvalue weighted by molar-refractivity contribution is -0.117. The Balaban J connectivity index is 2.01. The lowest BCUT2D eigenvalue weighted by Crippen LogP contribution is -2.54. The van der Waals surface area contributed by atoms with E-state index in [1.807, 2.05) is 0 Å². The second-order valence-corrected chi connectivity index (χ2v) is 6.54. The first-order valence-corrected chi connectivity index (χ1v) is 7.62. The molecule has 2 nitrogen and oxygen atoms in total. The highest BCUT2D eigenvalue weighted by Gasteiger charge is 2.45. The van der Waals surface area contributed by atoms with Gasteiger partial charge in [-0.1, -0.05) is 26.7 Å². The van der Waals surface area contributed by atoms with Gasteiger partial charge in [-0.25, -0.2) is 0 Å². The molecule has 2 heterocycles. The Morgan fingerprint density at radius 1 is 1.17 bits per heavy atom. The van der Waals surface area contributed by atoms with Gasteiger partial charge in [-0.2, -0.15) is 0 Å². The zero-order valence-corrected chi connectivity index (χ0v) is 11.9. The molecule has 0 aromatic rings. The molecule has 0 aromatic heterocycles. The first-order chi connectivity index (χ1) is 8.61. The van der Waals surface area contributed by atoms with E-state index in [0.29, 0.717) is 11.7 Å². The third kappa shape index (κ3) is 1.64. The van der Waals surface area contributed by atoms with Gasteiger partial charge in [-0.15, -0.1) is 0 Å². The molecule has 1 saturated heterocycles. The van der Waals surface area contributed by atoms with Gasteiger partial charge in [0.15, 0.2) is 5.78 Å². The van der Waals surface area contributed by atoms with Crippen LogP contribution in [0.15, 0.2) is 11.3 Å². The summed E-state index contributed by atoms with van der Waals surface area (Å²) < 4.78 is 0. The molecule has 1 aliphatic carbocycles. The van der Waals surface area contributed by atoms with Gasteiger partial charge >= 0.3 is 0 Å². The van der Waals surface area contributed by atoms with Crippen molar-refractivity contribution in [2.24, 2.45) is 17.8 Å². The van der Waals surface area contributed by atoms with Crippen molar-refractivity contribution >= 4 is 5.78 Å². The van der Waals surface area contributed by atoms with Crippen molar-refractivity contribution in [3.05, 3.63) is 11.3 Å². The molecule has 4 unspecified atom stereocenters. The Morgan fingerprint density at radius 2 is 1.89 bits per heavy atom. The predicted molar refractivity (Wildman–Crippen MR) is 73.1 cm³/mol. The summed E-state index contributed by atoms with van der Waals surface area (Å²) in [6, 6.07) is 0.725. The van der Waals surface area contributed by atoms with Crippen LogP contribution in [0.25, 0.3) is 0 Å². The minimum absolute atomic E-state index is 0.384. The number of rotatable bonds is 0. The molecule has 0 N–H and O–H groups in total. The van der Waals surface area contributed by atoms with Gasteiger partial charge in [0, 0.05) is 30.3 Å². The highest BCUT2D eigenvalue weighted by Crippen LogP contribution is 2.47. The van der Waals surface area contributed by atoms with Crippen molar-refractivity contribution in [1.29, 1.82) is 0 Å². The van der Waals surface area contributed by atoms with E-state index < -0.39 is 0 Å². The fourth-order valence-corrected chi connectivity index (χ4v) is 4.60. The number of hydrogen-bond donors (Lipinski definition) is 0. The van der Waals surface area contributed by atoms with E-state index in [1.54, 1.807) is 0 Å². The lowest BCUT2D eigenvalue weighted by Gasteiger charge is -2.54. The van der Waals surface area contributed by atoms with Crippen molar-refractivity contribution < 1.29 is 4.79 Å². The highest BCUT2D eigenvalue weighted by atomic mass is 16.1. The molecule has 0 amide bonds. The van der Waals surface area contributed by atoms with Crippen LogP contribution in [0, 0.1) is 17.8 Å².